The van der Waals surface area contributed by atoms with Crippen molar-refractivity contribution in [3.8, 4) is 0 Å². The third kappa shape index (κ3) is 2.42. The molecule has 0 radical (unpaired) electrons. The lowest BCUT2D eigenvalue weighted by Crippen LogP contribution is -2.21. The highest BCUT2D eigenvalue weighted by Crippen LogP contribution is 2.26. The van der Waals surface area contributed by atoms with E-state index in [0.717, 1.165) is 37.2 Å². The van der Waals surface area contributed by atoms with Crippen LogP contribution in [0.3, 0.4) is 0 Å². The number of anilines is 1. The Morgan fingerprint density at radius 3 is 2.71 bits per heavy atom. The minimum absolute atomic E-state index is 0.0652. The van der Waals surface area contributed by atoms with Crippen molar-refractivity contribution < 1.29 is 14.6 Å². The highest BCUT2D eigenvalue weighted by atomic mass is 16.5. The van der Waals surface area contributed by atoms with Crippen molar-refractivity contribution in [3.63, 3.8) is 0 Å². The zero-order chi connectivity index (χ0) is 12.3. The van der Waals surface area contributed by atoms with E-state index in [4.69, 9.17) is 9.84 Å². The molecule has 1 N–H and O–H groups in total. The maximum absolute atomic E-state index is 11.7. The predicted molar refractivity (Wildman–Crippen MR) is 65.2 cm³/mol. The first-order chi connectivity index (χ1) is 8.26. The Balaban J connectivity index is 2.38. The molecule has 0 aliphatic carbocycles. The van der Waals surface area contributed by atoms with E-state index in [2.05, 4.69) is 4.90 Å². The molecule has 0 atom stereocenters. The van der Waals surface area contributed by atoms with Gasteiger partial charge in [0.05, 0.1) is 25.0 Å². The van der Waals surface area contributed by atoms with Gasteiger partial charge in [0.25, 0.3) is 0 Å². The van der Waals surface area contributed by atoms with Crippen molar-refractivity contribution in [1.82, 2.24) is 0 Å². The number of aliphatic hydroxyl groups is 1. The van der Waals surface area contributed by atoms with Crippen molar-refractivity contribution in [2.75, 3.05) is 25.1 Å². The standard InChI is InChI=1S/C13H17NO3/c1-17-13(16)11-8-10(9-15)4-5-12(11)14-6-2-3-7-14/h4-5,8,15H,2-3,6-7,9H2,1H3. The number of nitrogens with zero attached hydrogens (tertiary/aromatic N) is 1. The second-order valence-corrected chi connectivity index (χ2v) is 4.20. The van der Waals surface area contributed by atoms with Gasteiger partial charge < -0.3 is 14.7 Å². The number of carbonyl (C=O) groups excluding carboxylic acids is 1. The number of ether oxygens (including phenoxy) is 1. The quantitative estimate of drug-likeness (QED) is 0.808. The molecule has 0 amide bonds. The first-order valence-electron chi connectivity index (χ1n) is 5.83. The molecule has 1 heterocycles. The van der Waals surface area contributed by atoms with E-state index in [1.807, 2.05) is 12.1 Å². The van der Waals surface area contributed by atoms with Gasteiger partial charge in [-0.1, -0.05) is 6.07 Å². The Kier molecular flexibility index (Phi) is 3.64. The van der Waals surface area contributed by atoms with Gasteiger partial charge >= 0.3 is 5.97 Å². The van der Waals surface area contributed by atoms with Gasteiger partial charge in [-0.2, -0.15) is 0 Å². The van der Waals surface area contributed by atoms with E-state index in [-0.39, 0.29) is 12.6 Å². The molecule has 1 fully saturated rings. The molecule has 2 rings (SSSR count). The molecule has 1 saturated heterocycles. The van der Waals surface area contributed by atoms with Crippen molar-refractivity contribution in [2.45, 2.75) is 19.4 Å². The summed E-state index contributed by atoms with van der Waals surface area (Å²) in [6.07, 6.45) is 2.31. The molecule has 4 heteroatoms. The second kappa shape index (κ2) is 5.19. The number of aliphatic hydroxyl groups excluding tert-OH is 1. The molecular weight excluding hydrogens is 218 g/mol. The van der Waals surface area contributed by atoms with E-state index >= 15 is 0 Å². The zero-order valence-corrected chi connectivity index (χ0v) is 9.98. The largest absolute Gasteiger partial charge is 0.465 e. The lowest BCUT2D eigenvalue weighted by Gasteiger charge is -2.20. The molecule has 0 saturated carbocycles. The highest BCUT2D eigenvalue weighted by Gasteiger charge is 2.20. The molecule has 1 aliphatic heterocycles. The maximum Gasteiger partial charge on any atom is 0.339 e. The van der Waals surface area contributed by atoms with E-state index < -0.39 is 0 Å². The number of hydrogen-bond donors (Lipinski definition) is 1. The number of carbonyl (C=O) groups is 1. The van der Waals surface area contributed by atoms with Crippen LogP contribution in [-0.2, 0) is 11.3 Å². The molecule has 4 nitrogen and oxygen atoms in total. The molecule has 0 bridgehead atoms. The molecule has 92 valence electrons. The van der Waals surface area contributed by atoms with Gasteiger partial charge in [-0.15, -0.1) is 0 Å². The number of rotatable bonds is 3. The van der Waals surface area contributed by atoms with Crippen LogP contribution in [0, 0.1) is 0 Å². The summed E-state index contributed by atoms with van der Waals surface area (Å²) in [5.41, 5.74) is 2.18. The topological polar surface area (TPSA) is 49.8 Å². The van der Waals surface area contributed by atoms with E-state index in [1.54, 1.807) is 6.07 Å². The fourth-order valence-corrected chi connectivity index (χ4v) is 2.19. The molecule has 1 aromatic rings. The van der Waals surface area contributed by atoms with Crippen LogP contribution in [0.25, 0.3) is 0 Å². The average molecular weight is 235 g/mol. The SMILES string of the molecule is COC(=O)c1cc(CO)ccc1N1CCCC1. The molecule has 1 aliphatic rings. The molecule has 0 spiro atoms. The minimum Gasteiger partial charge on any atom is -0.465 e. The van der Waals surface area contributed by atoms with Crippen LogP contribution in [0.2, 0.25) is 0 Å². The Labute approximate surface area is 101 Å². The summed E-state index contributed by atoms with van der Waals surface area (Å²) >= 11 is 0. The summed E-state index contributed by atoms with van der Waals surface area (Å²) in [6, 6.07) is 5.45. The van der Waals surface area contributed by atoms with Crippen molar-refractivity contribution >= 4 is 11.7 Å². The smallest absolute Gasteiger partial charge is 0.339 e. The van der Waals surface area contributed by atoms with Gasteiger partial charge in [-0.25, -0.2) is 4.79 Å². The third-order valence-electron chi connectivity index (χ3n) is 3.10. The van der Waals surface area contributed by atoms with Crippen LogP contribution >= 0.6 is 0 Å². The molecule has 0 unspecified atom stereocenters. The Hall–Kier alpha value is -1.55. The second-order valence-electron chi connectivity index (χ2n) is 4.20. The summed E-state index contributed by atoms with van der Waals surface area (Å²) in [7, 11) is 1.38. The van der Waals surface area contributed by atoms with Crippen LogP contribution in [0.4, 0.5) is 5.69 Å². The number of benzene rings is 1. The Bertz CT molecular complexity index is 411. The summed E-state index contributed by atoms with van der Waals surface area (Å²) in [4.78, 5) is 13.9. The van der Waals surface area contributed by atoms with E-state index in [9.17, 15) is 4.79 Å². The van der Waals surface area contributed by atoms with Gasteiger partial charge in [0.15, 0.2) is 0 Å². The molecule has 17 heavy (non-hydrogen) atoms. The van der Waals surface area contributed by atoms with E-state index in [0.29, 0.717) is 5.56 Å². The Morgan fingerprint density at radius 1 is 1.41 bits per heavy atom. The van der Waals surface area contributed by atoms with Gasteiger partial charge in [-0.3, -0.25) is 0 Å². The zero-order valence-electron chi connectivity index (χ0n) is 9.98. The van der Waals surface area contributed by atoms with E-state index in [1.165, 1.54) is 7.11 Å². The van der Waals surface area contributed by atoms with Crippen molar-refractivity contribution in [3.05, 3.63) is 29.3 Å². The fourth-order valence-electron chi connectivity index (χ4n) is 2.19. The lowest BCUT2D eigenvalue weighted by molar-refractivity contribution is 0.0601. The number of methoxy groups -OCH3 is 1. The summed E-state index contributed by atoms with van der Waals surface area (Å²) in [6.45, 7) is 1.88. The van der Waals surface area contributed by atoms with Crippen LogP contribution in [-0.4, -0.2) is 31.3 Å². The summed E-state index contributed by atoms with van der Waals surface area (Å²) < 4.78 is 4.79. The third-order valence-corrected chi connectivity index (χ3v) is 3.10. The number of hydrogen-bond acceptors (Lipinski definition) is 4. The van der Waals surface area contributed by atoms with Gasteiger partial charge in [0.1, 0.15) is 0 Å². The fraction of sp³-hybridized carbons (Fsp3) is 0.462. The highest BCUT2D eigenvalue weighted by molar-refractivity contribution is 5.96. The van der Waals surface area contributed by atoms with Crippen LogP contribution in [0.15, 0.2) is 18.2 Å². The molecular formula is C13H17NO3. The number of esters is 1. The molecule has 1 aromatic carbocycles. The summed E-state index contributed by atoms with van der Waals surface area (Å²) in [5.74, 6) is -0.345. The maximum atomic E-state index is 11.7. The van der Waals surface area contributed by atoms with Crippen LogP contribution < -0.4 is 4.90 Å². The van der Waals surface area contributed by atoms with Gasteiger partial charge in [0, 0.05) is 13.1 Å². The first kappa shape index (κ1) is 11.9. The normalized spacial score (nSPS) is 15.1. The first-order valence-corrected chi connectivity index (χ1v) is 5.83. The monoisotopic (exact) mass is 235 g/mol. The predicted octanol–water partition coefficient (Wildman–Crippen LogP) is 1.57. The van der Waals surface area contributed by atoms with Crippen LogP contribution in [0.1, 0.15) is 28.8 Å². The minimum atomic E-state index is -0.345. The Morgan fingerprint density at radius 2 is 2.12 bits per heavy atom. The van der Waals surface area contributed by atoms with Crippen molar-refractivity contribution in [2.24, 2.45) is 0 Å². The summed E-state index contributed by atoms with van der Waals surface area (Å²) in [5, 5.41) is 9.11. The lowest BCUT2D eigenvalue weighted by atomic mass is 10.1. The van der Waals surface area contributed by atoms with Gasteiger partial charge in [0.2, 0.25) is 0 Å². The van der Waals surface area contributed by atoms with Gasteiger partial charge in [-0.05, 0) is 30.5 Å². The van der Waals surface area contributed by atoms with Crippen molar-refractivity contribution in [1.29, 1.82) is 0 Å². The molecule has 0 aromatic heterocycles. The average Bonchev–Trinajstić information content (AvgIpc) is 2.90. The van der Waals surface area contributed by atoms with Crippen LogP contribution in [0.5, 0.6) is 0 Å².